The van der Waals surface area contributed by atoms with Gasteiger partial charge in [0, 0.05) is 12.8 Å². The Kier molecular flexibility index (Phi) is 2.09. The molecule has 0 nitrogen and oxygen atoms in total. The largest absolute Gasteiger partial charge is 0.248 e. The van der Waals surface area contributed by atoms with E-state index in [-0.39, 0.29) is 12.8 Å². The minimum atomic E-state index is -2.33. The van der Waals surface area contributed by atoms with Gasteiger partial charge in [0.05, 0.1) is 0 Å². The molecule has 2 aliphatic rings. The fourth-order valence-electron chi connectivity index (χ4n) is 2.16. The number of hydrogen-bond acceptors (Lipinski definition) is 0. The molecule has 0 heterocycles. The van der Waals surface area contributed by atoms with Crippen molar-refractivity contribution in [2.75, 3.05) is 0 Å². The van der Waals surface area contributed by atoms with Gasteiger partial charge in [0.25, 0.3) is 0 Å². The van der Waals surface area contributed by atoms with Gasteiger partial charge in [-0.25, -0.2) is 8.78 Å². The van der Waals surface area contributed by atoms with Crippen LogP contribution in [0.25, 0.3) is 0 Å². The molecule has 0 saturated heterocycles. The minimum Gasteiger partial charge on any atom is -0.207 e. The van der Waals surface area contributed by atoms with Gasteiger partial charge in [-0.2, -0.15) is 0 Å². The van der Waals surface area contributed by atoms with Gasteiger partial charge >= 0.3 is 0 Å². The van der Waals surface area contributed by atoms with Crippen molar-refractivity contribution in [3.8, 4) is 0 Å². The highest BCUT2D eigenvalue weighted by Crippen LogP contribution is 2.43. The molecule has 0 aromatic rings. The number of rotatable bonds is 2. The number of alkyl halides is 2. The monoisotopic (exact) mass is 174 g/mol. The molecule has 70 valence electrons. The Bertz CT molecular complexity index is 151. The molecule has 0 spiro atoms. The van der Waals surface area contributed by atoms with Crippen LogP contribution in [0.4, 0.5) is 8.78 Å². The van der Waals surface area contributed by atoms with E-state index in [2.05, 4.69) is 0 Å². The lowest BCUT2D eigenvalue weighted by atomic mass is 9.84. The summed E-state index contributed by atoms with van der Waals surface area (Å²) < 4.78 is 25.5. The molecule has 0 N–H and O–H groups in total. The molecular weight excluding hydrogens is 158 g/mol. The fourth-order valence-corrected chi connectivity index (χ4v) is 2.16. The molecule has 2 saturated carbocycles. The molecular formula is C10H16F2. The predicted molar refractivity (Wildman–Crippen MR) is 44.2 cm³/mol. The number of halogens is 2. The van der Waals surface area contributed by atoms with Crippen LogP contribution >= 0.6 is 0 Å². The zero-order valence-electron chi connectivity index (χ0n) is 7.36. The first-order valence-electron chi connectivity index (χ1n) is 5.03. The van der Waals surface area contributed by atoms with Gasteiger partial charge in [-0.15, -0.1) is 0 Å². The summed E-state index contributed by atoms with van der Waals surface area (Å²) in [6.07, 6.45) is 5.76. The summed E-state index contributed by atoms with van der Waals surface area (Å²) in [6.45, 7) is 0. The maximum Gasteiger partial charge on any atom is 0.248 e. The zero-order chi connectivity index (χ0) is 8.60. The summed E-state index contributed by atoms with van der Waals surface area (Å²) in [4.78, 5) is 0. The van der Waals surface area contributed by atoms with Crippen molar-refractivity contribution in [1.29, 1.82) is 0 Å². The van der Waals surface area contributed by atoms with E-state index >= 15 is 0 Å². The average Bonchev–Trinajstić information content (AvgIpc) is 2.77. The van der Waals surface area contributed by atoms with E-state index < -0.39 is 5.92 Å². The first-order valence-corrected chi connectivity index (χ1v) is 5.03. The van der Waals surface area contributed by atoms with Crippen LogP contribution in [-0.4, -0.2) is 5.92 Å². The Labute approximate surface area is 72.3 Å². The van der Waals surface area contributed by atoms with E-state index in [0.29, 0.717) is 5.92 Å². The van der Waals surface area contributed by atoms with E-state index in [4.69, 9.17) is 0 Å². The third-order valence-corrected chi connectivity index (χ3v) is 3.20. The second-order valence-electron chi connectivity index (χ2n) is 4.48. The van der Waals surface area contributed by atoms with Gasteiger partial charge in [-0.05, 0) is 31.1 Å². The summed E-state index contributed by atoms with van der Waals surface area (Å²) in [7, 11) is 0. The molecule has 2 aliphatic carbocycles. The van der Waals surface area contributed by atoms with Crippen molar-refractivity contribution in [3.05, 3.63) is 0 Å². The van der Waals surface area contributed by atoms with Crippen LogP contribution in [0.2, 0.25) is 0 Å². The second kappa shape index (κ2) is 2.97. The second-order valence-corrected chi connectivity index (χ2v) is 4.48. The van der Waals surface area contributed by atoms with E-state index in [0.717, 1.165) is 18.8 Å². The molecule has 0 amide bonds. The quantitative estimate of drug-likeness (QED) is 0.600. The summed E-state index contributed by atoms with van der Waals surface area (Å²) >= 11 is 0. The van der Waals surface area contributed by atoms with Crippen LogP contribution in [0, 0.1) is 11.8 Å². The van der Waals surface area contributed by atoms with Crippen molar-refractivity contribution < 1.29 is 8.78 Å². The standard InChI is InChI=1S/C10H16F2/c11-10(12)5-3-9(4-6-10)7-8-1-2-8/h8-9H,1-7H2. The molecule has 0 atom stereocenters. The lowest BCUT2D eigenvalue weighted by molar-refractivity contribution is -0.0470. The van der Waals surface area contributed by atoms with Crippen molar-refractivity contribution in [3.63, 3.8) is 0 Å². The third kappa shape index (κ3) is 2.18. The highest BCUT2D eigenvalue weighted by molar-refractivity contribution is 4.82. The van der Waals surface area contributed by atoms with Crippen molar-refractivity contribution in [2.24, 2.45) is 11.8 Å². The molecule has 0 aromatic heterocycles. The van der Waals surface area contributed by atoms with Gasteiger partial charge in [-0.3, -0.25) is 0 Å². The summed E-state index contributed by atoms with van der Waals surface area (Å²) in [5.41, 5.74) is 0. The Hall–Kier alpha value is -0.140. The highest BCUT2D eigenvalue weighted by Gasteiger charge is 2.36. The van der Waals surface area contributed by atoms with Crippen molar-refractivity contribution in [2.45, 2.75) is 50.9 Å². The van der Waals surface area contributed by atoms with Gasteiger partial charge in [0.1, 0.15) is 0 Å². The topological polar surface area (TPSA) is 0 Å². The van der Waals surface area contributed by atoms with E-state index in [1.54, 1.807) is 0 Å². The van der Waals surface area contributed by atoms with Crippen LogP contribution in [0.15, 0.2) is 0 Å². The van der Waals surface area contributed by atoms with Crippen LogP contribution in [0.5, 0.6) is 0 Å². The summed E-state index contributed by atoms with van der Waals surface area (Å²) in [5.74, 6) is -0.807. The normalized spacial score (nSPS) is 30.5. The zero-order valence-corrected chi connectivity index (χ0v) is 7.36. The SMILES string of the molecule is FC1(F)CCC(CC2CC2)CC1. The molecule has 12 heavy (non-hydrogen) atoms. The minimum absolute atomic E-state index is 0.143. The van der Waals surface area contributed by atoms with Gasteiger partial charge in [0.2, 0.25) is 5.92 Å². The Morgan fingerprint density at radius 2 is 1.42 bits per heavy atom. The molecule has 2 heteroatoms. The van der Waals surface area contributed by atoms with Crippen molar-refractivity contribution in [1.82, 2.24) is 0 Å². The van der Waals surface area contributed by atoms with Gasteiger partial charge in [-0.1, -0.05) is 12.8 Å². The molecule has 2 rings (SSSR count). The van der Waals surface area contributed by atoms with E-state index in [9.17, 15) is 8.78 Å². The molecule has 0 unspecified atom stereocenters. The maximum absolute atomic E-state index is 12.7. The Morgan fingerprint density at radius 1 is 0.917 bits per heavy atom. The smallest absolute Gasteiger partial charge is 0.207 e. The predicted octanol–water partition coefficient (Wildman–Crippen LogP) is 3.61. The first-order chi connectivity index (χ1) is 5.66. The van der Waals surface area contributed by atoms with E-state index in [1.807, 2.05) is 0 Å². The first kappa shape index (κ1) is 8.46. The number of hydrogen-bond donors (Lipinski definition) is 0. The average molecular weight is 174 g/mol. The summed E-state index contributed by atoms with van der Waals surface area (Å²) in [5, 5.41) is 0. The van der Waals surface area contributed by atoms with Crippen LogP contribution in [0.3, 0.4) is 0 Å². The molecule has 2 fully saturated rings. The lowest BCUT2D eigenvalue weighted by Gasteiger charge is -2.28. The molecule has 0 aromatic carbocycles. The summed E-state index contributed by atoms with van der Waals surface area (Å²) in [6, 6.07) is 0. The van der Waals surface area contributed by atoms with Crippen molar-refractivity contribution >= 4 is 0 Å². The molecule has 0 aliphatic heterocycles. The maximum atomic E-state index is 12.7. The molecule has 0 bridgehead atoms. The van der Waals surface area contributed by atoms with Crippen LogP contribution in [0.1, 0.15) is 44.9 Å². The van der Waals surface area contributed by atoms with E-state index in [1.165, 1.54) is 19.3 Å². The third-order valence-electron chi connectivity index (χ3n) is 3.20. The van der Waals surface area contributed by atoms with Crippen LogP contribution < -0.4 is 0 Å². The van der Waals surface area contributed by atoms with Crippen LogP contribution in [-0.2, 0) is 0 Å². The molecule has 0 radical (unpaired) electrons. The van der Waals surface area contributed by atoms with Gasteiger partial charge in [0.15, 0.2) is 0 Å². The fraction of sp³-hybridized carbons (Fsp3) is 1.00. The van der Waals surface area contributed by atoms with Gasteiger partial charge < -0.3 is 0 Å². The Balaban J connectivity index is 1.73. The highest BCUT2D eigenvalue weighted by atomic mass is 19.3. The Morgan fingerprint density at radius 3 is 1.92 bits per heavy atom. The lowest BCUT2D eigenvalue weighted by Crippen LogP contribution is -2.24.